The molecular formula is C21H21F2N5O2. The van der Waals surface area contributed by atoms with Gasteiger partial charge in [0.15, 0.2) is 6.61 Å². The van der Waals surface area contributed by atoms with E-state index in [4.69, 9.17) is 10.00 Å². The fraction of sp³-hybridized carbons (Fsp3) is 0.429. The summed E-state index contributed by atoms with van der Waals surface area (Å²) >= 11 is 0. The Hall–Kier alpha value is -3.28. The minimum absolute atomic E-state index is 0.0726. The molecule has 0 radical (unpaired) electrons. The molecule has 2 unspecified atom stereocenters. The molecule has 2 saturated heterocycles. The number of carbonyl (C=O) groups excluding carboxylic acids is 1. The lowest BCUT2D eigenvalue weighted by Gasteiger charge is -2.39. The molecule has 2 aromatic rings. The summed E-state index contributed by atoms with van der Waals surface area (Å²) in [4.78, 5) is 25.4. The molecule has 0 N–H and O–H groups in total. The number of carbonyl (C=O) groups is 1. The number of piperidine rings is 1. The van der Waals surface area contributed by atoms with Crippen LogP contribution in [0.5, 0.6) is 5.88 Å². The van der Waals surface area contributed by atoms with E-state index >= 15 is 0 Å². The van der Waals surface area contributed by atoms with Gasteiger partial charge in [-0.1, -0.05) is 0 Å². The van der Waals surface area contributed by atoms with Gasteiger partial charge in [-0.25, -0.2) is 18.7 Å². The van der Waals surface area contributed by atoms with E-state index in [-0.39, 0.29) is 23.4 Å². The summed E-state index contributed by atoms with van der Waals surface area (Å²) in [5.74, 6) is 0.816. The summed E-state index contributed by atoms with van der Waals surface area (Å²) in [5.41, 5.74) is 0.731. The summed E-state index contributed by atoms with van der Waals surface area (Å²) in [5, 5.41) is 9.17. The summed E-state index contributed by atoms with van der Waals surface area (Å²) in [6.45, 7) is 1.08. The van der Waals surface area contributed by atoms with Crippen molar-refractivity contribution in [3.63, 3.8) is 0 Å². The molecular weight excluding hydrogens is 392 g/mol. The van der Waals surface area contributed by atoms with Crippen molar-refractivity contribution in [2.24, 2.45) is 5.92 Å². The second-order valence-corrected chi connectivity index (χ2v) is 7.42. The molecule has 1 amide bonds. The SMILES string of the molecule is N#Cc1ccnc(N2CCC3CCN(C(=O)c4cccnc4OCC(F)F)CC32)c1. The highest BCUT2D eigenvalue weighted by Crippen LogP contribution is 2.35. The monoisotopic (exact) mass is 413 g/mol. The summed E-state index contributed by atoms with van der Waals surface area (Å²) < 4.78 is 30.1. The third-order valence-electron chi connectivity index (χ3n) is 5.67. The van der Waals surface area contributed by atoms with E-state index in [0.717, 1.165) is 25.2 Å². The molecule has 156 valence electrons. The second-order valence-electron chi connectivity index (χ2n) is 7.42. The van der Waals surface area contributed by atoms with Crippen LogP contribution in [0.2, 0.25) is 0 Å². The van der Waals surface area contributed by atoms with E-state index in [1.54, 1.807) is 35.4 Å². The van der Waals surface area contributed by atoms with Gasteiger partial charge in [0.1, 0.15) is 11.4 Å². The lowest BCUT2D eigenvalue weighted by Crippen LogP contribution is -2.50. The number of hydrogen-bond donors (Lipinski definition) is 0. The molecule has 0 bridgehead atoms. The van der Waals surface area contributed by atoms with Crippen LogP contribution < -0.4 is 9.64 Å². The molecule has 0 aliphatic carbocycles. The second kappa shape index (κ2) is 8.61. The third kappa shape index (κ3) is 4.03. The van der Waals surface area contributed by atoms with Gasteiger partial charge in [-0.15, -0.1) is 0 Å². The van der Waals surface area contributed by atoms with Crippen LogP contribution in [0.25, 0.3) is 0 Å². The normalized spacial score (nSPS) is 20.7. The standard InChI is InChI=1S/C21H21F2N5O2/c22-18(23)13-30-20-16(2-1-6-26-20)21(29)27-8-4-15-5-9-28(17(15)12-27)19-10-14(11-24)3-7-25-19/h1-3,6-7,10,15,17-18H,4-5,8-9,12-13H2. The number of fused-ring (bicyclic) bond motifs is 1. The van der Waals surface area contributed by atoms with Crippen molar-refractivity contribution < 1.29 is 18.3 Å². The molecule has 2 atom stereocenters. The Morgan fingerprint density at radius 3 is 2.90 bits per heavy atom. The van der Waals surface area contributed by atoms with Crippen LogP contribution in [0.15, 0.2) is 36.7 Å². The minimum Gasteiger partial charge on any atom is -0.471 e. The fourth-order valence-electron chi connectivity index (χ4n) is 4.24. The molecule has 0 saturated carbocycles. The quantitative estimate of drug-likeness (QED) is 0.750. The van der Waals surface area contributed by atoms with Crippen LogP contribution in [0, 0.1) is 17.2 Å². The first-order valence-electron chi connectivity index (χ1n) is 9.85. The number of nitrogens with zero attached hydrogens (tertiary/aromatic N) is 5. The van der Waals surface area contributed by atoms with E-state index < -0.39 is 13.0 Å². The Kier molecular flexibility index (Phi) is 5.74. The summed E-state index contributed by atoms with van der Waals surface area (Å²) in [7, 11) is 0. The van der Waals surface area contributed by atoms with E-state index in [0.29, 0.717) is 24.6 Å². The Bertz CT molecular complexity index is 964. The molecule has 30 heavy (non-hydrogen) atoms. The van der Waals surface area contributed by atoms with Crippen LogP contribution in [-0.4, -0.2) is 59.5 Å². The highest BCUT2D eigenvalue weighted by molar-refractivity contribution is 5.96. The van der Waals surface area contributed by atoms with Crippen molar-refractivity contribution in [3.8, 4) is 11.9 Å². The molecule has 4 rings (SSSR count). The lowest BCUT2D eigenvalue weighted by molar-refractivity contribution is 0.0644. The topological polar surface area (TPSA) is 82.4 Å². The van der Waals surface area contributed by atoms with Crippen molar-refractivity contribution >= 4 is 11.7 Å². The zero-order chi connectivity index (χ0) is 21.1. The molecule has 2 fully saturated rings. The van der Waals surface area contributed by atoms with Crippen molar-refractivity contribution in [2.75, 3.05) is 31.1 Å². The van der Waals surface area contributed by atoms with Crippen molar-refractivity contribution in [1.82, 2.24) is 14.9 Å². The minimum atomic E-state index is -2.64. The Morgan fingerprint density at radius 1 is 1.27 bits per heavy atom. The first kappa shape index (κ1) is 20.0. The molecule has 0 spiro atoms. The number of halogens is 2. The molecule has 2 aromatic heterocycles. The first-order valence-corrected chi connectivity index (χ1v) is 9.85. The summed E-state index contributed by atoms with van der Waals surface area (Å²) in [6.07, 6.45) is 2.24. The number of pyridine rings is 2. The van der Waals surface area contributed by atoms with Crippen LogP contribution in [0.1, 0.15) is 28.8 Å². The highest BCUT2D eigenvalue weighted by atomic mass is 19.3. The molecule has 2 aliphatic heterocycles. The average molecular weight is 413 g/mol. The number of anilines is 1. The smallest absolute Gasteiger partial charge is 0.272 e. The van der Waals surface area contributed by atoms with Crippen molar-refractivity contribution in [2.45, 2.75) is 25.3 Å². The van der Waals surface area contributed by atoms with Gasteiger partial charge in [0, 0.05) is 32.0 Å². The number of likely N-dealkylation sites (tertiary alicyclic amines) is 1. The maximum Gasteiger partial charge on any atom is 0.272 e. The van der Waals surface area contributed by atoms with Gasteiger partial charge in [0.25, 0.3) is 12.3 Å². The maximum atomic E-state index is 13.1. The van der Waals surface area contributed by atoms with Crippen molar-refractivity contribution in [3.05, 3.63) is 47.8 Å². The van der Waals surface area contributed by atoms with E-state index in [9.17, 15) is 13.6 Å². The number of rotatable bonds is 5. The number of alkyl halides is 2. The molecule has 9 heteroatoms. The van der Waals surface area contributed by atoms with Crippen LogP contribution in [-0.2, 0) is 0 Å². The number of aromatic nitrogens is 2. The van der Waals surface area contributed by atoms with Gasteiger partial charge < -0.3 is 14.5 Å². The Labute approximate surface area is 172 Å². The fourth-order valence-corrected chi connectivity index (χ4v) is 4.24. The lowest BCUT2D eigenvalue weighted by atomic mass is 9.91. The number of hydrogen-bond acceptors (Lipinski definition) is 6. The largest absolute Gasteiger partial charge is 0.471 e. The zero-order valence-electron chi connectivity index (χ0n) is 16.2. The number of amides is 1. The first-order chi connectivity index (χ1) is 14.6. The predicted molar refractivity (Wildman–Crippen MR) is 104 cm³/mol. The van der Waals surface area contributed by atoms with Gasteiger partial charge in [-0.05, 0) is 43.0 Å². The van der Waals surface area contributed by atoms with Gasteiger partial charge in [-0.2, -0.15) is 5.26 Å². The van der Waals surface area contributed by atoms with Crippen LogP contribution >= 0.6 is 0 Å². The van der Waals surface area contributed by atoms with E-state index in [1.807, 2.05) is 0 Å². The molecule has 4 heterocycles. The summed E-state index contributed by atoms with van der Waals surface area (Å²) in [6, 6.07) is 8.79. The zero-order valence-corrected chi connectivity index (χ0v) is 16.2. The van der Waals surface area contributed by atoms with Crippen LogP contribution in [0.4, 0.5) is 14.6 Å². The number of nitriles is 1. The number of ether oxygens (including phenoxy) is 1. The molecule has 2 aliphatic rings. The van der Waals surface area contributed by atoms with Crippen LogP contribution in [0.3, 0.4) is 0 Å². The van der Waals surface area contributed by atoms with Gasteiger partial charge in [0.2, 0.25) is 5.88 Å². The van der Waals surface area contributed by atoms with E-state index in [2.05, 4.69) is 20.9 Å². The van der Waals surface area contributed by atoms with Gasteiger partial charge >= 0.3 is 0 Å². The Balaban J connectivity index is 1.52. The van der Waals surface area contributed by atoms with Gasteiger partial charge in [-0.3, -0.25) is 4.79 Å². The average Bonchev–Trinajstić information content (AvgIpc) is 3.20. The molecule has 0 aromatic carbocycles. The van der Waals surface area contributed by atoms with Gasteiger partial charge in [0.05, 0.1) is 17.7 Å². The van der Waals surface area contributed by atoms with E-state index in [1.165, 1.54) is 6.20 Å². The Morgan fingerprint density at radius 2 is 2.10 bits per heavy atom. The maximum absolute atomic E-state index is 13.1. The predicted octanol–water partition coefficient (Wildman–Crippen LogP) is 2.73. The van der Waals surface area contributed by atoms with Crippen molar-refractivity contribution in [1.29, 1.82) is 5.26 Å². The highest BCUT2D eigenvalue weighted by Gasteiger charge is 2.40. The third-order valence-corrected chi connectivity index (χ3v) is 5.67. The molecule has 7 nitrogen and oxygen atoms in total.